The van der Waals surface area contributed by atoms with Crippen molar-refractivity contribution in [1.29, 1.82) is 0 Å². The number of halogens is 2. The Kier molecular flexibility index (Phi) is 7.89. The number of benzene rings is 2. The van der Waals surface area contributed by atoms with Gasteiger partial charge in [-0.25, -0.2) is 4.79 Å². The van der Waals surface area contributed by atoms with Gasteiger partial charge < -0.3 is 20.3 Å². The van der Waals surface area contributed by atoms with Crippen LogP contribution in [0.5, 0.6) is 5.75 Å². The number of nitrogens with zero attached hydrogens (tertiary/aromatic N) is 1. The molecular weight excluding hydrogens is 412 g/mol. The fourth-order valence-corrected chi connectivity index (χ4v) is 3.92. The number of carbonyl (C=O) groups is 2. The van der Waals surface area contributed by atoms with Gasteiger partial charge in [0.1, 0.15) is 5.75 Å². The average molecular weight is 435 g/mol. The molecule has 3 amide bonds. The Balaban J connectivity index is 1.48. The Morgan fingerprint density at radius 1 is 1.07 bits per heavy atom. The Morgan fingerprint density at radius 3 is 2.47 bits per heavy atom. The molecule has 0 bridgehead atoms. The van der Waals surface area contributed by atoms with Crippen LogP contribution >= 0.6 is 11.8 Å². The van der Waals surface area contributed by atoms with Gasteiger partial charge in [0.2, 0.25) is 5.91 Å². The van der Waals surface area contributed by atoms with E-state index in [1.807, 2.05) is 16.7 Å². The van der Waals surface area contributed by atoms with Crippen molar-refractivity contribution in [2.75, 3.05) is 29.9 Å². The Hall–Kier alpha value is -2.81. The molecule has 9 heteroatoms. The van der Waals surface area contributed by atoms with Crippen LogP contribution in [0.15, 0.2) is 48.5 Å². The number of alkyl halides is 2. The van der Waals surface area contributed by atoms with Crippen molar-refractivity contribution in [2.24, 2.45) is 0 Å². The molecule has 30 heavy (non-hydrogen) atoms. The lowest BCUT2D eigenvalue weighted by Crippen LogP contribution is -2.38. The zero-order chi connectivity index (χ0) is 21.3. The second-order valence-electron chi connectivity index (χ2n) is 6.66. The molecule has 0 spiro atoms. The third kappa shape index (κ3) is 6.62. The Labute approximate surface area is 178 Å². The highest BCUT2D eigenvalue weighted by atomic mass is 32.2. The maximum Gasteiger partial charge on any atom is 0.387 e. The number of amides is 3. The van der Waals surface area contributed by atoms with Crippen LogP contribution in [0, 0.1) is 0 Å². The number of urea groups is 1. The molecule has 160 valence electrons. The topological polar surface area (TPSA) is 70.7 Å². The average Bonchev–Trinajstić information content (AvgIpc) is 2.75. The summed E-state index contributed by atoms with van der Waals surface area (Å²) in [6.07, 6.45) is 0.331. The largest absolute Gasteiger partial charge is 0.434 e. The van der Waals surface area contributed by atoms with Gasteiger partial charge in [-0.3, -0.25) is 4.79 Å². The summed E-state index contributed by atoms with van der Waals surface area (Å²) in [5, 5.41) is 5.29. The van der Waals surface area contributed by atoms with Crippen molar-refractivity contribution in [1.82, 2.24) is 10.2 Å². The minimum absolute atomic E-state index is 0.0223. The summed E-state index contributed by atoms with van der Waals surface area (Å²) in [7, 11) is 0. The lowest BCUT2D eigenvalue weighted by Gasteiger charge is -2.26. The zero-order valence-corrected chi connectivity index (χ0v) is 17.1. The molecule has 1 saturated heterocycles. The number of anilines is 1. The van der Waals surface area contributed by atoms with Gasteiger partial charge >= 0.3 is 12.6 Å². The molecule has 6 nitrogen and oxygen atoms in total. The highest BCUT2D eigenvalue weighted by Gasteiger charge is 2.17. The van der Waals surface area contributed by atoms with Gasteiger partial charge in [-0.1, -0.05) is 30.3 Å². The number of para-hydroxylation sites is 1. The smallest absolute Gasteiger partial charge is 0.387 e. The van der Waals surface area contributed by atoms with E-state index in [-0.39, 0.29) is 18.2 Å². The van der Waals surface area contributed by atoms with Crippen LogP contribution in [0.1, 0.15) is 11.1 Å². The van der Waals surface area contributed by atoms with Gasteiger partial charge in [0.05, 0.1) is 6.42 Å². The van der Waals surface area contributed by atoms with Crippen molar-refractivity contribution >= 4 is 29.4 Å². The molecule has 2 N–H and O–H groups in total. The molecule has 2 aromatic rings. The highest BCUT2D eigenvalue weighted by Crippen LogP contribution is 2.20. The number of carbonyl (C=O) groups excluding carboxylic acids is 2. The summed E-state index contributed by atoms with van der Waals surface area (Å²) >= 11 is 1.86. The number of hydrogen-bond donors (Lipinski definition) is 2. The first kappa shape index (κ1) is 21.9. The van der Waals surface area contributed by atoms with Crippen LogP contribution in [0.4, 0.5) is 19.3 Å². The molecule has 1 fully saturated rings. The number of hydrogen-bond acceptors (Lipinski definition) is 4. The van der Waals surface area contributed by atoms with Crippen LogP contribution in [0.2, 0.25) is 0 Å². The van der Waals surface area contributed by atoms with Crippen LogP contribution in [-0.2, 0) is 17.8 Å². The van der Waals surface area contributed by atoms with Crippen LogP contribution in [0.25, 0.3) is 0 Å². The molecule has 1 aliphatic rings. The van der Waals surface area contributed by atoms with E-state index >= 15 is 0 Å². The second-order valence-corrected chi connectivity index (χ2v) is 7.89. The van der Waals surface area contributed by atoms with Gasteiger partial charge in [-0.05, 0) is 23.8 Å². The van der Waals surface area contributed by atoms with E-state index in [9.17, 15) is 18.4 Å². The molecule has 0 saturated carbocycles. The molecule has 3 rings (SSSR count). The number of thioether (sulfide) groups is 1. The van der Waals surface area contributed by atoms with Crippen LogP contribution in [-0.4, -0.2) is 48.0 Å². The summed E-state index contributed by atoms with van der Waals surface area (Å²) in [5.74, 6) is 2.08. The third-order valence-electron chi connectivity index (χ3n) is 4.56. The number of nitrogens with one attached hydrogen (secondary N) is 2. The molecule has 0 radical (unpaired) electrons. The van der Waals surface area contributed by atoms with E-state index in [1.165, 1.54) is 6.07 Å². The fraction of sp³-hybridized carbons (Fsp3) is 0.333. The molecule has 0 atom stereocenters. The van der Waals surface area contributed by atoms with Gasteiger partial charge in [0.15, 0.2) is 0 Å². The first-order valence-corrected chi connectivity index (χ1v) is 10.7. The molecule has 0 unspecified atom stereocenters. The Bertz CT molecular complexity index is 859. The number of ether oxygens (including phenoxy) is 1. The minimum atomic E-state index is -2.93. The summed E-state index contributed by atoms with van der Waals surface area (Å²) in [5.41, 5.74) is 1.88. The maximum absolute atomic E-state index is 12.5. The predicted octanol–water partition coefficient (Wildman–Crippen LogP) is 3.73. The molecule has 1 aliphatic heterocycles. The van der Waals surface area contributed by atoms with Crippen molar-refractivity contribution in [3.63, 3.8) is 0 Å². The van der Waals surface area contributed by atoms with Crippen molar-refractivity contribution in [2.45, 2.75) is 19.6 Å². The summed E-state index contributed by atoms with van der Waals surface area (Å²) in [4.78, 5) is 26.3. The van der Waals surface area contributed by atoms with Crippen molar-refractivity contribution < 1.29 is 23.1 Å². The monoisotopic (exact) mass is 435 g/mol. The molecular formula is C21H23F2N3O3S. The van der Waals surface area contributed by atoms with Crippen molar-refractivity contribution in [3.8, 4) is 5.75 Å². The molecule has 2 aromatic carbocycles. The maximum atomic E-state index is 12.5. The van der Waals surface area contributed by atoms with Gasteiger partial charge in [-0.15, -0.1) is 0 Å². The van der Waals surface area contributed by atoms with E-state index in [4.69, 9.17) is 0 Å². The first-order chi connectivity index (χ1) is 14.5. The SMILES string of the molecule is O=C(NCc1ccccc1OC(F)F)Nc1ccc(CC(=O)N2CCSCC2)cc1. The summed E-state index contributed by atoms with van der Waals surface area (Å²) < 4.78 is 29.4. The van der Waals surface area contributed by atoms with Crippen molar-refractivity contribution in [3.05, 3.63) is 59.7 Å². The van der Waals surface area contributed by atoms with Crippen LogP contribution < -0.4 is 15.4 Å². The lowest BCUT2D eigenvalue weighted by molar-refractivity contribution is -0.130. The van der Waals surface area contributed by atoms with E-state index in [0.717, 1.165) is 30.2 Å². The lowest BCUT2D eigenvalue weighted by atomic mass is 10.1. The molecule has 1 heterocycles. The minimum Gasteiger partial charge on any atom is -0.434 e. The quantitative estimate of drug-likeness (QED) is 0.695. The first-order valence-electron chi connectivity index (χ1n) is 9.53. The van der Waals surface area contributed by atoms with Gasteiger partial charge in [-0.2, -0.15) is 20.5 Å². The van der Waals surface area contributed by atoms with E-state index < -0.39 is 12.6 Å². The van der Waals surface area contributed by atoms with Gasteiger partial charge in [0, 0.05) is 42.4 Å². The van der Waals surface area contributed by atoms with E-state index in [2.05, 4.69) is 15.4 Å². The fourth-order valence-electron chi connectivity index (χ4n) is 3.02. The van der Waals surface area contributed by atoms with Crippen LogP contribution in [0.3, 0.4) is 0 Å². The normalized spacial score (nSPS) is 13.8. The predicted molar refractivity (Wildman–Crippen MR) is 113 cm³/mol. The molecule has 0 aliphatic carbocycles. The van der Waals surface area contributed by atoms with Gasteiger partial charge in [0.25, 0.3) is 0 Å². The Morgan fingerprint density at radius 2 is 1.77 bits per heavy atom. The highest BCUT2D eigenvalue weighted by molar-refractivity contribution is 7.99. The summed E-state index contributed by atoms with van der Waals surface area (Å²) in [6, 6.07) is 12.9. The third-order valence-corrected chi connectivity index (χ3v) is 5.50. The standard InChI is InChI=1S/C21H23F2N3O3S/c22-20(23)29-18-4-2-1-3-16(18)14-24-21(28)25-17-7-5-15(6-8-17)13-19(27)26-9-11-30-12-10-26/h1-8,20H,9-14H2,(H2,24,25,28). The molecule has 0 aromatic heterocycles. The second kappa shape index (κ2) is 10.8. The number of rotatable bonds is 7. The van der Waals surface area contributed by atoms with E-state index in [0.29, 0.717) is 17.7 Å². The zero-order valence-electron chi connectivity index (χ0n) is 16.3. The van der Waals surface area contributed by atoms with E-state index in [1.54, 1.807) is 42.5 Å². The summed E-state index contributed by atoms with van der Waals surface area (Å²) in [6.45, 7) is -1.32.